The number of hydrogen-bond acceptors (Lipinski definition) is 4. The lowest BCUT2D eigenvalue weighted by molar-refractivity contribution is 0.0692. The van der Waals surface area contributed by atoms with Gasteiger partial charge < -0.3 is 9.64 Å². The van der Waals surface area contributed by atoms with Crippen molar-refractivity contribution in [2.45, 2.75) is 39.5 Å². The van der Waals surface area contributed by atoms with Gasteiger partial charge in [-0.25, -0.2) is 0 Å². The fourth-order valence-electron chi connectivity index (χ4n) is 4.18. The molecule has 1 fully saturated rings. The second-order valence-corrected chi connectivity index (χ2v) is 8.92. The zero-order chi connectivity index (χ0) is 20.4. The Morgan fingerprint density at radius 1 is 1.24 bits per heavy atom. The SMILES string of the molecule is CCOc1ccc(CCC2CCN(C(=O)c3cc4c(C)nn(C)c4s3)CC2)cc1. The molecule has 0 bridgehead atoms. The van der Waals surface area contributed by atoms with Gasteiger partial charge in [0.1, 0.15) is 10.6 Å². The van der Waals surface area contributed by atoms with Crippen molar-refractivity contribution in [2.75, 3.05) is 19.7 Å². The molecule has 29 heavy (non-hydrogen) atoms. The molecule has 5 nitrogen and oxygen atoms in total. The number of amides is 1. The summed E-state index contributed by atoms with van der Waals surface area (Å²) in [6.45, 7) is 6.42. The molecule has 1 amide bonds. The van der Waals surface area contributed by atoms with Crippen molar-refractivity contribution >= 4 is 27.5 Å². The number of ether oxygens (including phenoxy) is 1. The molecule has 3 aromatic rings. The molecule has 1 saturated heterocycles. The van der Waals surface area contributed by atoms with E-state index in [0.717, 1.165) is 58.9 Å². The number of aromatic nitrogens is 2. The van der Waals surface area contributed by atoms with Gasteiger partial charge in [0.05, 0.1) is 17.2 Å². The van der Waals surface area contributed by atoms with Gasteiger partial charge in [-0.3, -0.25) is 9.48 Å². The molecule has 0 radical (unpaired) electrons. The van der Waals surface area contributed by atoms with Crippen LogP contribution in [0.3, 0.4) is 0 Å². The van der Waals surface area contributed by atoms with Crippen LogP contribution in [0.1, 0.15) is 47.1 Å². The molecule has 1 aromatic carbocycles. The van der Waals surface area contributed by atoms with Crippen LogP contribution in [0.25, 0.3) is 10.2 Å². The first kappa shape index (κ1) is 20.0. The summed E-state index contributed by atoms with van der Waals surface area (Å²) in [6.07, 6.45) is 4.46. The summed E-state index contributed by atoms with van der Waals surface area (Å²) in [5, 5.41) is 5.53. The predicted octanol–water partition coefficient (Wildman–Crippen LogP) is 4.83. The number of carbonyl (C=O) groups is 1. The zero-order valence-electron chi connectivity index (χ0n) is 17.5. The van der Waals surface area contributed by atoms with Crippen LogP contribution in [0.5, 0.6) is 5.75 Å². The Bertz CT molecular complexity index is 947. The van der Waals surface area contributed by atoms with E-state index in [4.69, 9.17) is 4.74 Å². The van der Waals surface area contributed by atoms with E-state index in [0.29, 0.717) is 12.5 Å². The smallest absolute Gasteiger partial charge is 0.264 e. The highest BCUT2D eigenvalue weighted by molar-refractivity contribution is 7.20. The molecule has 0 N–H and O–H groups in total. The third-order valence-electron chi connectivity index (χ3n) is 5.88. The maximum Gasteiger partial charge on any atom is 0.264 e. The Labute approximate surface area is 176 Å². The maximum atomic E-state index is 13.0. The van der Waals surface area contributed by atoms with Crippen molar-refractivity contribution in [3.8, 4) is 5.75 Å². The molecular formula is C23H29N3O2S. The highest BCUT2D eigenvalue weighted by Gasteiger charge is 2.25. The minimum atomic E-state index is 0.176. The second kappa shape index (κ2) is 8.57. The molecule has 0 atom stereocenters. The molecule has 0 spiro atoms. The second-order valence-electron chi connectivity index (χ2n) is 7.89. The monoisotopic (exact) mass is 411 g/mol. The highest BCUT2D eigenvalue weighted by atomic mass is 32.1. The number of rotatable bonds is 6. The van der Waals surface area contributed by atoms with Gasteiger partial charge in [0.25, 0.3) is 5.91 Å². The van der Waals surface area contributed by atoms with Crippen LogP contribution in [-0.4, -0.2) is 40.3 Å². The van der Waals surface area contributed by atoms with Crippen LogP contribution < -0.4 is 4.74 Å². The molecule has 1 aliphatic rings. The first-order chi connectivity index (χ1) is 14.0. The average molecular weight is 412 g/mol. The van der Waals surface area contributed by atoms with Crippen molar-refractivity contribution in [1.29, 1.82) is 0 Å². The number of thiophene rings is 1. The van der Waals surface area contributed by atoms with Crippen LogP contribution in [-0.2, 0) is 13.5 Å². The van der Waals surface area contributed by atoms with Gasteiger partial charge in [0, 0.05) is 25.5 Å². The van der Waals surface area contributed by atoms with Crippen molar-refractivity contribution < 1.29 is 9.53 Å². The van der Waals surface area contributed by atoms with Gasteiger partial charge in [-0.1, -0.05) is 12.1 Å². The fourth-order valence-corrected chi connectivity index (χ4v) is 5.27. The summed E-state index contributed by atoms with van der Waals surface area (Å²) in [6, 6.07) is 10.5. The van der Waals surface area contributed by atoms with Crippen molar-refractivity contribution in [3.63, 3.8) is 0 Å². The summed E-state index contributed by atoms with van der Waals surface area (Å²) >= 11 is 1.56. The number of benzene rings is 1. The molecule has 2 aromatic heterocycles. The van der Waals surface area contributed by atoms with Crippen molar-refractivity contribution in [1.82, 2.24) is 14.7 Å². The first-order valence-electron chi connectivity index (χ1n) is 10.5. The lowest BCUT2D eigenvalue weighted by Crippen LogP contribution is -2.38. The lowest BCUT2D eigenvalue weighted by atomic mass is 9.90. The Morgan fingerprint density at radius 3 is 2.62 bits per heavy atom. The van der Waals surface area contributed by atoms with E-state index in [9.17, 15) is 4.79 Å². The topological polar surface area (TPSA) is 47.4 Å². The molecule has 6 heteroatoms. The van der Waals surface area contributed by atoms with E-state index in [2.05, 4.69) is 29.4 Å². The molecule has 0 unspecified atom stereocenters. The summed E-state index contributed by atoms with van der Waals surface area (Å²) in [7, 11) is 1.94. The molecule has 3 heterocycles. The van der Waals surface area contributed by atoms with Gasteiger partial charge >= 0.3 is 0 Å². The maximum absolute atomic E-state index is 13.0. The van der Waals surface area contributed by atoms with Gasteiger partial charge in [0.15, 0.2) is 0 Å². The molecule has 154 valence electrons. The Hall–Kier alpha value is -2.34. The van der Waals surface area contributed by atoms with E-state index < -0.39 is 0 Å². The number of likely N-dealkylation sites (tertiary alicyclic amines) is 1. The Balaban J connectivity index is 1.29. The molecule has 4 rings (SSSR count). The number of aryl methyl sites for hydroxylation is 3. The van der Waals surface area contributed by atoms with Gasteiger partial charge in [-0.15, -0.1) is 11.3 Å². The largest absolute Gasteiger partial charge is 0.494 e. The summed E-state index contributed by atoms with van der Waals surface area (Å²) in [4.78, 5) is 16.9. The molecule has 1 aliphatic heterocycles. The molecule has 0 saturated carbocycles. The fraction of sp³-hybridized carbons (Fsp3) is 0.478. The van der Waals surface area contributed by atoms with Crippen LogP contribution in [0, 0.1) is 12.8 Å². The predicted molar refractivity (Wildman–Crippen MR) is 118 cm³/mol. The number of carbonyl (C=O) groups excluding carboxylic acids is 1. The van der Waals surface area contributed by atoms with Crippen molar-refractivity contribution in [3.05, 3.63) is 46.5 Å². The number of piperidine rings is 1. The van der Waals surface area contributed by atoms with E-state index >= 15 is 0 Å². The van der Waals surface area contributed by atoms with E-state index in [1.165, 1.54) is 12.0 Å². The summed E-state index contributed by atoms with van der Waals surface area (Å²) < 4.78 is 7.39. The number of hydrogen-bond donors (Lipinski definition) is 0. The number of nitrogens with zero attached hydrogens (tertiary/aromatic N) is 3. The minimum Gasteiger partial charge on any atom is -0.494 e. The standard InChI is InChI=1S/C23H29N3O2S/c1-4-28-19-9-7-17(8-10-19)5-6-18-11-13-26(14-12-18)22(27)21-15-20-16(2)24-25(3)23(20)29-21/h7-10,15,18H,4-6,11-14H2,1-3H3. The lowest BCUT2D eigenvalue weighted by Gasteiger charge is -2.31. The summed E-state index contributed by atoms with van der Waals surface area (Å²) in [5.74, 6) is 1.81. The van der Waals surface area contributed by atoms with Crippen LogP contribution in [0.4, 0.5) is 0 Å². The highest BCUT2D eigenvalue weighted by Crippen LogP contribution is 2.30. The summed E-state index contributed by atoms with van der Waals surface area (Å²) in [5.41, 5.74) is 2.35. The van der Waals surface area contributed by atoms with E-state index in [-0.39, 0.29) is 5.91 Å². The third-order valence-corrected chi connectivity index (χ3v) is 7.07. The number of fused-ring (bicyclic) bond motifs is 1. The zero-order valence-corrected chi connectivity index (χ0v) is 18.3. The van der Waals surface area contributed by atoms with Gasteiger partial charge in [-0.05, 0) is 69.2 Å². The van der Waals surface area contributed by atoms with Crippen LogP contribution in [0.2, 0.25) is 0 Å². The molecule has 0 aliphatic carbocycles. The Kier molecular flexibility index (Phi) is 5.90. The van der Waals surface area contributed by atoms with E-state index in [1.54, 1.807) is 11.3 Å². The quantitative estimate of drug-likeness (QED) is 0.584. The first-order valence-corrected chi connectivity index (χ1v) is 11.3. The Morgan fingerprint density at radius 2 is 1.97 bits per heavy atom. The van der Waals surface area contributed by atoms with Gasteiger partial charge in [-0.2, -0.15) is 5.10 Å². The van der Waals surface area contributed by atoms with Crippen LogP contribution in [0.15, 0.2) is 30.3 Å². The van der Waals surface area contributed by atoms with Crippen molar-refractivity contribution in [2.24, 2.45) is 13.0 Å². The van der Waals surface area contributed by atoms with Crippen LogP contribution >= 0.6 is 11.3 Å². The normalized spacial score (nSPS) is 15.2. The minimum absolute atomic E-state index is 0.176. The van der Waals surface area contributed by atoms with Gasteiger partial charge in [0.2, 0.25) is 0 Å². The third kappa shape index (κ3) is 4.32. The molecular weight excluding hydrogens is 382 g/mol. The van der Waals surface area contributed by atoms with E-state index in [1.807, 2.05) is 36.5 Å². The average Bonchev–Trinajstić information content (AvgIpc) is 3.29.